The first-order chi connectivity index (χ1) is 13.6. The van der Waals surface area contributed by atoms with Gasteiger partial charge in [0.05, 0.1) is 31.5 Å². The first-order valence-corrected chi connectivity index (χ1v) is 8.52. The van der Waals surface area contributed by atoms with Crippen LogP contribution in [0.4, 0.5) is 5.69 Å². The molecule has 0 atom stereocenters. The maximum Gasteiger partial charge on any atom is 0.328 e. The highest BCUT2D eigenvalue weighted by molar-refractivity contribution is 6.30. The lowest BCUT2D eigenvalue weighted by Crippen LogP contribution is -2.29. The molecule has 1 amide bonds. The van der Waals surface area contributed by atoms with Crippen molar-refractivity contribution in [2.24, 2.45) is 0 Å². The third kappa shape index (κ3) is 4.80. The van der Waals surface area contributed by atoms with Gasteiger partial charge in [-0.3, -0.25) is 15.6 Å². The van der Waals surface area contributed by atoms with Crippen molar-refractivity contribution in [1.82, 2.24) is 15.4 Å². The van der Waals surface area contributed by atoms with Crippen LogP contribution in [-0.2, 0) is 0 Å². The zero-order valence-electron chi connectivity index (χ0n) is 15.1. The summed E-state index contributed by atoms with van der Waals surface area (Å²) in [5.74, 6) is 0.412. The van der Waals surface area contributed by atoms with Gasteiger partial charge in [0.1, 0.15) is 5.75 Å². The number of rotatable bonds is 7. The van der Waals surface area contributed by atoms with Crippen LogP contribution in [0, 0.1) is 0 Å². The Morgan fingerprint density at radius 3 is 2.25 bits per heavy atom. The van der Waals surface area contributed by atoms with Gasteiger partial charge in [-0.1, -0.05) is 23.7 Å². The van der Waals surface area contributed by atoms with Gasteiger partial charge < -0.3 is 14.2 Å². The molecule has 1 aromatic heterocycles. The van der Waals surface area contributed by atoms with Gasteiger partial charge in [0.2, 0.25) is 11.8 Å². The molecule has 0 radical (unpaired) electrons. The number of hydrazine groups is 1. The Labute approximate surface area is 166 Å². The van der Waals surface area contributed by atoms with Crippen molar-refractivity contribution in [2.75, 3.05) is 19.6 Å². The highest BCUT2D eigenvalue weighted by Gasteiger charge is 2.15. The van der Waals surface area contributed by atoms with Crippen LogP contribution in [0.2, 0.25) is 5.02 Å². The molecule has 0 spiro atoms. The van der Waals surface area contributed by atoms with E-state index in [0.29, 0.717) is 10.7 Å². The van der Waals surface area contributed by atoms with E-state index < -0.39 is 5.91 Å². The van der Waals surface area contributed by atoms with E-state index in [0.717, 1.165) is 0 Å². The van der Waals surface area contributed by atoms with Crippen molar-refractivity contribution in [2.45, 2.75) is 0 Å². The summed E-state index contributed by atoms with van der Waals surface area (Å²) in [4.78, 5) is 20.8. The number of halogens is 1. The molecule has 0 fully saturated rings. The highest BCUT2D eigenvalue weighted by atomic mass is 35.5. The molecule has 0 aliphatic rings. The monoisotopic (exact) mass is 400 g/mol. The van der Waals surface area contributed by atoms with Gasteiger partial charge in [0.25, 0.3) is 5.91 Å². The molecule has 0 saturated heterocycles. The Hall–Kier alpha value is -3.52. The summed E-state index contributed by atoms with van der Waals surface area (Å²) < 4.78 is 15.9. The fourth-order valence-electron chi connectivity index (χ4n) is 2.21. The Balaban J connectivity index is 1.77. The molecule has 1 heterocycles. The lowest BCUT2D eigenvalue weighted by Gasteiger charge is -2.12. The van der Waals surface area contributed by atoms with E-state index >= 15 is 0 Å². The number of ether oxygens (including phenoxy) is 3. The maximum absolute atomic E-state index is 12.6. The van der Waals surface area contributed by atoms with E-state index in [1.165, 1.54) is 20.3 Å². The number of hydrogen-bond acceptors (Lipinski definition) is 7. The minimum Gasteiger partial charge on any atom is -0.481 e. The topological polar surface area (TPSA) is 94.6 Å². The molecule has 2 N–H and O–H groups in total. The summed E-state index contributed by atoms with van der Waals surface area (Å²) in [6.07, 6.45) is 0. The van der Waals surface area contributed by atoms with Crippen molar-refractivity contribution < 1.29 is 19.0 Å². The normalized spacial score (nSPS) is 10.1. The number of aromatic nitrogens is 2. The molecular formula is C19H17ClN4O4. The number of nitrogens with zero attached hydrogens (tertiary/aromatic N) is 2. The van der Waals surface area contributed by atoms with E-state index in [9.17, 15) is 4.79 Å². The van der Waals surface area contributed by atoms with Crippen LogP contribution in [0.1, 0.15) is 10.4 Å². The van der Waals surface area contributed by atoms with Crippen LogP contribution < -0.4 is 25.1 Å². The van der Waals surface area contributed by atoms with Crippen molar-refractivity contribution in [3.05, 3.63) is 65.2 Å². The van der Waals surface area contributed by atoms with Crippen LogP contribution in [0.15, 0.2) is 54.6 Å². The van der Waals surface area contributed by atoms with Gasteiger partial charge >= 0.3 is 6.01 Å². The summed E-state index contributed by atoms with van der Waals surface area (Å²) in [6.45, 7) is 0. The molecule has 0 saturated carbocycles. The minimum absolute atomic E-state index is 0.0119. The van der Waals surface area contributed by atoms with Crippen molar-refractivity contribution in [1.29, 1.82) is 0 Å². The fourth-order valence-corrected chi connectivity index (χ4v) is 2.34. The number of hydrogen-bond donors (Lipinski definition) is 2. The van der Waals surface area contributed by atoms with E-state index in [1.54, 1.807) is 48.5 Å². The van der Waals surface area contributed by atoms with Gasteiger partial charge in [-0.05, 0) is 36.4 Å². The van der Waals surface area contributed by atoms with E-state index in [4.69, 9.17) is 25.8 Å². The number of nitrogens with one attached hydrogen (secondary N) is 2. The van der Waals surface area contributed by atoms with E-state index in [1.807, 2.05) is 0 Å². The number of carbonyl (C=O) groups excluding carboxylic acids is 1. The summed E-state index contributed by atoms with van der Waals surface area (Å²) in [5.41, 5.74) is 6.38. The summed E-state index contributed by atoms with van der Waals surface area (Å²) in [7, 11) is 2.94. The van der Waals surface area contributed by atoms with Gasteiger partial charge in [0.15, 0.2) is 0 Å². The molecule has 9 heteroatoms. The SMILES string of the molecule is COc1cc(OC)nc(Oc2ccccc2C(=O)NNc2ccc(Cl)cc2)n1. The zero-order chi connectivity index (χ0) is 19.9. The maximum atomic E-state index is 12.6. The predicted molar refractivity (Wildman–Crippen MR) is 104 cm³/mol. The van der Waals surface area contributed by atoms with Gasteiger partial charge in [-0.15, -0.1) is 0 Å². The highest BCUT2D eigenvalue weighted by Crippen LogP contribution is 2.26. The van der Waals surface area contributed by atoms with Gasteiger partial charge in [0, 0.05) is 5.02 Å². The molecule has 28 heavy (non-hydrogen) atoms. The van der Waals surface area contributed by atoms with Crippen molar-refractivity contribution >= 4 is 23.2 Å². The number of para-hydroxylation sites is 1. The first kappa shape index (κ1) is 19.2. The largest absolute Gasteiger partial charge is 0.481 e. The smallest absolute Gasteiger partial charge is 0.328 e. The molecule has 0 aliphatic heterocycles. The number of carbonyl (C=O) groups is 1. The minimum atomic E-state index is -0.402. The van der Waals surface area contributed by atoms with Crippen LogP contribution in [-0.4, -0.2) is 30.1 Å². The van der Waals surface area contributed by atoms with Crippen molar-refractivity contribution in [3.63, 3.8) is 0 Å². The summed E-state index contributed by atoms with van der Waals surface area (Å²) >= 11 is 5.85. The van der Waals surface area contributed by atoms with Crippen molar-refractivity contribution in [3.8, 4) is 23.5 Å². The lowest BCUT2D eigenvalue weighted by molar-refractivity contribution is 0.0960. The average molecular weight is 401 g/mol. The van der Waals surface area contributed by atoms with E-state index in [-0.39, 0.29) is 29.1 Å². The fraction of sp³-hybridized carbons (Fsp3) is 0.105. The van der Waals surface area contributed by atoms with E-state index in [2.05, 4.69) is 20.8 Å². The summed E-state index contributed by atoms with van der Waals surface area (Å²) in [6, 6.07) is 15.1. The quantitative estimate of drug-likeness (QED) is 0.584. The molecule has 2 aromatic carbocycles. The number of amides is 1. The molecule has 3 rings (SSSR count). The third-order valence-corrected chi connectivity index (χ3v) is 3.83. The average Bonchev–Trinajstić information content (AvgIpc) is 2.73. The Kier molecular flexibility index (Phi) is 6.13. The third-order valence-electron chi connectivity index (χ3n) is 3.57. The molecule has 0 unspecified atom stereocenters. The lowest BCUT2D eigenvalue weighted by atomic mass is 10.2. The van der Waals surface area contributed by atoms with Gasteiger partial charge in [-0.25, -0.2) is 0 Å². The Morgan fingerprint density at radius 1 is 0.964 bits per heavy atom. The molecule has 3 aromatic rings. The number of methoxy groups -OCH3 is 2. The summed E-state index contributed by atoms with van der Waals surface area (Å²) in [5, 5.41) is 0.601. The van der Waals surface area contributed by atoms with Crippen LogP contribution in [0.25, 0.3) is 0 Å². The molecule has 0 bridgehead atoms. The number of benzene rings is 2. The first-order valence-electron chi connectivity index (χ1n) is 8.15. The molecular weight excluding hydrogens is 384 g/mol. The second kappa shape index (κ2) is 8.92. The Morgan fingerprint density at radius 2 is 1.61 bits per heavy atom. The molecule has 144 valence electrons. The number of anilines is 1. The van der Waals surface area contributed by atoms with Crippen LogP contribution in [0.3, 0.4) is 0 Å². The second-order valence-corrected chi connectivity index (χ2v) is 5.86. The zero-order valence-corrected chi connectivity index (χ0v) is 15.9. The Bertz CT molecular complexity index is 944. The standard InChI is InChI=1S/C19H17ClN4O4/c1-26-16-11-17(27-2)22-19(21-16)28-15-6-4-3-5-14(15)18(25)24-23-13-9-7-12(20)8-10-13/h3-11,23H,1-2H3,(H,24,25). The van der Waals surface area contributed by atoms with Crippen LogP contribution in [0.5, 0.6) is 23.5 Å². The predicted octanol–water partition coefficient (Wildman–Crippen LogP) is 3.70. The van der Waals surface area contributed by atoms with Crippen LogP contribution >= 0.6 is 11.6 Å². The second-order valence-electron chi connectivity index (χ2n) is 5.42. The van der Waals surface area contributed by atoms with Gasteiger partial charge in [-0.2, -0.15) is 9.97 Å². The molecule has 8 nitrogen and oxygen atoms in total. The molecule has 0 aliphatic carbocycles.